The van der Waals surface area contributed by atoms with E-state index in [1.54, 1.807) is 0 Å². The highest BCUT2D eigenvalue weighted by atomic mass is 127. The minimum atomic E-state index is -0.388. The van der Waals surface area contributed by atoms with Crippen molar-refractivity contribution in [3.8, 4) is 0 Å². The molecule has 0 amide bonds. The van der Waals surface area contributed by atoms with Crippen LogP contribution in [-0.4, -0.2) is 17.0 Å². The van der Waals surface area contributed by atoms with Gasteiger partial charge < -0.3 is 9.59 Å². The van der Waals surface area contributed by atoms with Crippen molar-refractivity contribution >= 4 is 35.2 Å². The number of carbonyl (C=O) groups excluding carboxylic acids is 2. The number of hydrogen-bond acceptors (Lipinski definition) is 2. The molecule has 0 N–H and O–H groups in total. The van der Waals surface area contributed by atoms with Crippen molar-refractivity contribution in [2.24, 2.45) is 5.92 Å². The second-order valence-corrected chi connectivity index (χ2v) is 1.97. The molecule has 0 heterocycles. The number of aldehydes is 2. The summed E-state index contributed by atoms with van der Waals surface area (Å²) in [5, 5.41) is 0. The van der Waals surface area contributed by atoms with Crippen LogP contribution in [0.4, 0.5) is 0 Å². The highest BCUT2D eigenvalue weighted by Gasteiger charge is 1.98. The fourth-order valence-corrected chi connectivity index (χ4v) is 0.520. The van der Waals surface area contributed by atoms with Crippen LogP contribution in [0.2, 0.25) is 0 Å². The molecule has 0 spiro atoms. The zero-order valence-corrected chi connectivity index (χ0v) is 5.79. The Morgan fingerprint density at radius 3 is 1.86 bits per heavy atom. The second-order valence-electron chi connectivity index (χ2n) is 1.09. The van der Waals surface area contributed by atoms with E-state index in [9.17, 15) is 9.59 Å². The Kier molecular flexibility index (Phi) is 4.28. The van der Waals surface area contributed by atoms with Crippen LogP contribution in [0.5, 0.6) is 0 Å². The molecule has 0 aromatic rings. The van der Waals surface area contributed by atoms with Gasteiger partial charge in [0.2, 0.25) is 0 Å². The molecule has 0 aromatic carbocycles. The van der Waals surface area contributed by atoms with Crippen molar-refractivity contribution in [1.82, 2.24) is 0 Å². The molecule has 40 valence electrons. The molecule has 0 saturated carbocycles. The number of halogens is 1. The number of alkyl halides is 1. The van der Waals surface area contributed by atoms with Gasteiger partial charge >= 0.3 is 0 Å². The fraction of sp³-hybridized carbons (Fsp3) is 0.500. The van der Waals surface area contributed by atoms with E-state index < -0.39 is 0 Å². The van der Waals surface area contributed by atoms with Gasteiger partial charge in [-0.15, -0.1) is 0 Å². The van der Waals surface area contributed by atoms with Gasteiger partial charge in [-0.3, -0.25) is 0 Å². The third-order valence-electron chi connectivity index (χ3n) is 0.528. The lowest BCUT2D eigenvalue weighted by Gasteiger charge is -1.87. The van der Waals surface area contributed by atoms with Gasteiger partial charge in [0, 0.05) is 4.43 Å². The molecule has 3 heteroatoms. The van der Waals surface area contributed by atoms with E-state index in [1.807, 2.05) is 22.6 Å². The van der Waals surface area contributed by atoms with Gasteiger partial charge in [-0.2, -0.15) is 0 Å². The SMILES string of the molecule is O=CC(C=O)CI. The van der Waals surface area contributed by atoms with Crippen LogP contribution in [0.15, 0.2) is 0 Å². The van der Waals surface area contributed by atoms with Crippen LogP contribution in [0.3, 0.4) is 0 Å². The molecule has 0 aliphatic heterocycles. The minimum absolute atomic E-state index is 0.388. The molecule has 0 fully saturated rings. The molecule has 0 aliphatic carbocycles. The van der Waals surface area contributed by atoms with E-state index >= 15 is 0 Å². The van der Waals surface area contributed by atoms with Crippen LogP contribution in [-0.2, 0) is 9.59 Å². The average molecular weight is 212 g/mol. The molecule has 0 aliphatic rings. The summed E-state index contributed by atoms with van der Waals surface area (Å²) in [6.45, 7) is 0. The van der Waals surface area contributed by atoms with Crippen molar-refractivity contribution in [3.63, 3.8) is 0 Å². The number of rotatable bonds is 3. The summed E-state index contributed by atoms with van der Waals surface area (Å²) in [6, 6.07) is 0. The lowest BCUT2D eigenvalue weighted by Crippen LogP contribution is -2.03. The predicted octanol–water partition coefficient (Wildman–Crippen LogP) is 0.435. The summed E-state index contributed by atoms with van der Waals surface area (Å²) in [5.74, 6) is -0.388. The number of carbonyl (C=O) groups is 2. The van der Waals surface area contributed by atoms with Crippen molar-refractivity contribution < 1.29 is 9.59 Å². The third-order valence-corrected chi connectivity index (χ3v) is 1.54. The van der Waals surface area contributed by atoms with E-state index in [0.717, 1.165) is 0 Å². The van der Waals surface area contributed by atoms with Crippen molar-refractivity contribution in [3.05, 3.63) is 0 Å². The highest BCUT2D eigenvalue weighted by Crippen LogP contribution is 1.91. The maximum Gasteiger partial charge on any atom is 0.130 e. The Morgan fingerprint density at radius 1 is 1.43 bits per heavy atom. The largest absolute Gasteiger partial charge is 0.303 e. The molecule has 0 unspecified atom stereocenters. The molecule has 0 radical (unpaired) electrons. The first-order chi connectivity index (χ1) is 3.35. The van der Waals surface area contributed by atoms with Crippen LogP contribution < -0.4 is 0 Å². The first-order valence-corrected chi connectivity index (χ1v) is 3.34. The van der Waals surface area contributed by atoms with Crippen LogP contribution in [0, 0.1) is 5.92 Å². The Labute approximate surface area is 55.4 Å². The second kappa shape index (κ2) is 4.23. The topological polar surface area (TPSA) is 34.1 Å². The van der Waals surface area contributed by atoms with Crippen molar-refractivity contribution in [2.45, 2.75) is 0 Å². The van der Waals surface area contributed by atoms with Gasteiger partial charge in [-0.25, -0.2) is 0 Å². The van der Waals surface area contributed by atoms with Crippen LogP contribution >= 0.6 is 22.6 Å². The lowest BCUT2D eigenvalue weighted by molar-refractivity contribution is -0.118. The van der Waals surface area contributed by atoms with E-state index in [2.05, 4.69) is 0 Å². The highest BCUT2D eigenvalue weighted by molar-refractivity contribution is 14.1. The van der Waals surface area contributed by atoms with Crippen LogP contribution in [0.25, 0.3) is 0 Å². The van der Waals surface area contributed by atoms with Gasteiger partial charge in [0.1, 0.15) is 12.6 Å². The standard InChI is InChI=1S/C4H5IO2/c5-1-4(2-6)3-7/h2-4H,1H2. The van der Waals surface area contributed by atoms with E-state index in [1.165, 1.54) is 0 Å². The first-order valence-electron chi connectivity index (χ1n) is 1.81. The van der Waals surface area contributed by atoms with Gasteiger partial charge in [-0.05, 0) is 0 Å². The quantitative estimate of drug-likeness (QED) is 0.294. The predicted molar refractivity (Wildman–Crippen MR) is 34.5 cm³/mol. The summed E-state index contributed by atoms with van der Waals surface area (Å²) in [4.78, 5) is 19.5. The molecular weight excluding hydrogens is 207 g/mol. The molecule has 0 saturated heterocycles. The molecule has 0 bridgehead atoms. The molecule has 0 atom stereocenters. The van der Waals surface area contributed by atoms with Gasteiger partial charge in [0.15, 0.2) is 0 Å². The van der Waals surface area contributed by atoms with E-state index in [4.69, 9.17) is 0 Å². The Hall–Kier alpha value is 0.0700. The molecule has 0 aromatic heterocycles. The summed E-state index contributed by atoms with van der Waals surface area (Å²) in [6.07, 6.45) is 1.30. The molecular formula is C4H5IO2. The lowest BCUT2D eigenvalue weighted by atomic mass is 10.2. The van der Waals surface area contributed by atoms with Gasteiger partial charge in [-0.1, -0.05) is 22.6 Å². The molecule has 0 rings (SSSR count). The van der Waals surface area contributed by atoms with Gasteiger partial charge in [0.05, 0.1) is 5.92 Å². The third kappa shape index (κ3) is 2.73. The maximum absolute atomic E-state index is 9.73. The Balaban J connectivity index is 3.36. The summed E-state index contributed by atoms with van der Waals surface area (Å²) in [5.41, 5.74) is 0. The molecule has 2 nitrogen and oxygen atoms in total. The monoisotopic (exact) mass is 212 g/mol. The van der Waals surface area contributed by atoms with Crippen molar-refractivity contribution in [2.75, 3.05) is 4.43 Å². The number of hydrogen-bond donors (Lipinski definition) is 0. The maximum atomic E-state index is 9.73. The first kappa shape index (κ1) is 7.07. The van der Waals surface area contributed by atoms with E-state index in [0.29, 0.717) is 17.0 Å². The Bertz CT molecular complexity index is 64.1. The zero-order chi connectivity index (χ0) is 5.70. The summed E-state index contributed by atoms with van der Waals surface area (Å²) in [7, 11) is 0. The smallest absolute Gasteiger partial charge is 0.130 e. The van der Waals surface area contributed by atoms with E-state index in [-0.39, 0.29) is 5.92 Å². The fourth-order valence-electron chi connectivity index (χ4n) is 0.105. The van der Waals surface area contributed by atoms with Crippen molar-refractivity contribution in [1.29, 1.82) is 0 Å². The summed E-state index contributed by atoms with van der Waals surface area (Å²) >= 11 is 1.99. The van der Waals surface area contributed by atoms with Gasteiger partial charge in [0.25, 0.3) is 0 Å². The zero-order valence-electron chi connectivity index (χ0n) is 3.63. The average Bonchev–Trinajstić information content (AvgIpc) is 1.72. The molecule has 7 heavy (non-hydrogen) atoms. The summed E-state index contributed by atoms with van der Waals surface area (Å²) < 4.78 is 0.588. The Morgan fingerprint density at radius 2 is 1.86 bits per heavy atom. The van der Waals surface area contributed by atoms with Crippen LogP contribution in [0.1, 0.15) is 0 Å². The minimum Gasteiger partial charge on any atom is -0.303 e. The normalized spacial score (nSPS) is 8.86.